The van der Waals surface area contributed by atoms with Crippen LogP contribution in [0.2, 0.25) is 0 Å². The van der Waals surface area contributed by atoms with Gasteiger partial charge < -0.3 is 15.0 Å². The van der Waals surface area contributed by atoms with E-state index < -0.39 is 6.03 Å². The first-order chi connectivity index (χ1) is 11.9. The maximum atomic E-state index is 12.2. The summed E-state index contributed by atoms with van der Waals surface area (Å²) in [6.07, 6.45) is 0. The van der Waals surface area contributed by atoms with Crippen molar-refractivity contribution in [2.24, 2.45) is 0 Å². The number of hydrogen-bond acceptors (Lipinski definition) is 5. The number of nitrogens with one attached hydrogen (secondary N) is 2. The number of urea groups is 1. The van der Waals surface area contributed by atoms with Gasteiger partial charge in [-0.25, -0.2) is 4.79 Å². The van der Waals surface area contributed by atoms with Gasteiger partial charge in [0.25, 0.3) is 0 Å². The minimum atomic E-state index is -0.441. The molecule has 138 valence electrons. The van der Waals surface area contributed by atoms with Crippen LogP contribution in [-0.4, -0.2) is 62.2 Å². The van der Waals surface area contributed by atoms with Crippen LogP contribution in [0, 0.1) is 0 Å². The zero-order valence-electron chi connectivity index (χ0n) is 15.4. The fraction of sp³-hybridized carbons (Fsp3) is 0.556. The van der Waals surface area contributed by atoms with Crippen molar-refractivity contribution in [1.29, 1.82) is 0 Å². The summed E-state index contributed by atoms with van der Waals surface area (Å²) in [4.78, 5) is 28.3. The molecule has 1 unspecified atom stereocenters. The number of carbonyl (C=O) groups excluding carboxylic acids is 2. The Kier molecular flexibility index (Phi) is 6.64. The predicted molar refractivity (Wildman–Crippen MR) is 98.1 cm³/mol. The molecule has 1 aromatic rings. The third-order valence-electron chi connectivity index (χ3n) is 4.34. The van der Waals surface area contributed by atoms with Crippen LogP contribution >= 0.6 is 0 Å². The SMILES string of the molecule is COc1ccc(N2CCN(C(C)C(=O)NC(=O)NC(C)C)CC2)cc1. The number of piperazine rings is 1. The first kappa shape index (κ1) is 19.1. The summed E-state index contributed by atoms with van der Waals surface area (Å²) in [5.41, 5.74) is 1.15. The molecule has 2 N–H and O–H groups in total. The molecule has 1 saturated heterocycles. The number of imide groups is 1. The van der Waals surface area contributed by atoms with E-state index in [4.69, 9.17) is 4.74 Å². The number of rotatable bonds is 5. The van der Waals surface area contributed by atoms with E-state index in [1.165, 1.54) is 0 Å². The lowest BCUT2D eigenvalue weighted by Crippen LogP contribution is -2.55. The first-order valence-corrected chi connectivity index (χ1v) is 8.65. The molecule has 0 aliphatic carbocycles. The quantitative estimate of drug-likeness (QED) is 0.842. The second-order valence-electron chi connectivity index (χ2n) is 6.51. The van der Waals surface area contributed by atoms with Gasteiger partial charge in [0.2, 0.25) is 5.91 Å². The van der Waals surface area contributed by atoms with Crippen molar-refractivity contribution in [1.82, 2.24) is 15.5 Å². The number of benzene rings is 1. The van der Waals surface area contributed by atoms with Crippen molar-refractivity contribution >= 4 is 17.6 Å². The minimum Gasteiger partial charge on any atom is -0.497 e. The van der Waals surface area contributed by atoms with E-state index in [0.717, 1.165) is 37.6 Å². The molecule has 0 bridgehead atoms. The molecule has 1 aliphatic heterocycles. The highest BCUT2D eigenvalue weighted by molar-refractivity contribution is 5.96. The standard InChI is InChI=1S/C18H28N4O3/c1-13(2)19-18(24)20-17(23)14(3)21-9-11-22(12-10-21)15-5-7-16(25-4)8-6-15/h5-8,13-14H,9-12H2,1-4H3,(H2,19,20,23,24). The zero-order chi connectivity index (χ0) is 18.4. The summed E-state index contributed by atoms with van der Waals surface area (Å²) in [6.45, 7) is 8.75. The molecule has 0 spiro atoms. The molecule has 1 fully saturated rings. The molecule has 7 heteroatoms. The van der Waals surface area contributed by atoms with E-state index >= 15 is 0 Å². The van der Waals surface area contributed by atoms with Gasteiger partial charge in [-0.15, -0.1) is 0 Å². The van der Waals surface area contributed by atoms with E-state index in [9.17, 15) is 9.59 Å². The summed E-state index contributed by atoms with van der Waals surface area (Å²) in [5, 5.41) is 5.07. The monoisotopic (exact) mass is 348 g/mol. The van der Waals surface area contributed by atoms with Gasteiger partial charge in [0, 0.05) is 37.9 Å². The molecule has 7 nitrogen and oxygen atoms in total. The number of ether oxygens (including phenoxy) is 1. The molecule has 1 aliphatic rings. The fourth-order valence-corrected chi connectivity index (χ4v) is 2.84. The molecule has 0 saturated carbocycles. The maximum Gasteiger partial charge on any atom is 0.321 e. The Labute approximate surface area is 149 Å². The smallest absolute Gasteiger partial charge is 0.321 e. The Morgan fingerprint density at radius 3 is 2.16 bits per heavy atom. The van der Waals surface area contributed by atoms with E-state index in [0.29, 0.717) is 0 Å². The third kappa shape index (κ3) is 5.35. The van der Waals surface area contributed by atoms with Gasteiger partial charge in [0.15, 0.2) is 0 Å². The molecule has 0 radical (unpaired) electrons. The Morgan fingerprint density at radius 2 is 1.64 bits per heavy atom. The van der Waals surface area contributed by atoms with Crippen molar-refractivity contribution in [3.63, 3.8) is 0 Å². The lowest BCUT2D eigenvalue weighted by atomic mass is 10.2. The average Bonchev–Trinajstić information content (AvgIpc) is 2.60. The van der Waals surface area contributed by atoms with E-state index in [1.54, 1.807) is 7.11 Å². The van der Waals surface area contributed by atoms with Gasteiger partial charge in [-0.3, -0.25) is 15.0 Å². The lowest BCUT2D eigenvalue weighted by Gasteiger charge is -2.38. The maximum absolute atomic E-state index is 12.2. The zero-order valence-corrected chi connectivity index (χ0v) is 15.4. The van der Waals surface area contributed by atoms with Crippen LogP contribution < -0.4 is 20.3 Å². The van der Waals surface area contributed by atoms with E-state index in [-0.39, 0.29) is 18.0 Å². The first-order valence-electron chi connectivity index (χ1n) is 8.65. The van der Waals surface area contributed by atoms with Crippen LogP contribution in [-0.2, 0) is 4.79 Å². The highest BCUT2D eigenvalue weighted by atomic mass is 16.5. The van der Waals surface area contributed by atoms with Crippen LogP contribution in [0.5, 0.6) is 5.75 Å². The van der Waals surface area contributed by atoms with Crippen LogP contribution in [0.4, 0.5) is 10.5 Å². The molecular weight excluding hydrogens is 320 g/mol. The van der Waals surface area contributed by atoms with Gasteiger partial charge in [0.1, 0.15) is 5.75 Å². The van der Waals surface area contributed by atoms with Crippen molar-refractivity contribution < 1.29 is 14.3 Å². The topological polar surface area (TPSA) is 73.9 Å². The number of carbonyl (C=O) groups is 2. The number of hydrogen-bond donors (Lipinski definition) is 2. The second-order valence-corrected chi connectivity index (χ2v) is 6.51. The van der Waals surface area contributed by atoms with Gasteiger partial charge in [-0.05, 0) is 45.0 Å². The van der Waals surface area contributed by atoms with Crippen molar-refractivity contribution in [3.8, 4) is 5.75 Å². The van der Waals surface area contributed by atoms with Crippen LogP contribution in [0.25, 0.3) is 0 Å². The molecule has 3 amide bonds. The second kappa shape index (κ2) is 8.71. The van der Waals surface area contributed by atoms with Crippen LogP contribution in [0.1, 0.15) is 20.8 Å². The summed E-state index contributed by atoms with van der Waals surface area (Å²) in [5.74, 6) is 0.573. The van der Waals surface area contributed by atoms with Gasteiger partial charge >= 0.3 is 6.03 Å². The Hall–Kier alpha value is -2.28. The van der Waals surface area contributed by atoms with Crippen molar-refractivity contribution in [3.05, 3.63) is 24.3 Å². The summed E-state index contributed by atoms with van der Waals surface area (Å²) in [6, 6.07) is 7.20. The summed E-state index contributed by atoms with van der Waals surface area (Å²) in [7, 11) is 1.65. The van der Waals surface area contributed by atoms with Crippen molar-refractivity contribution in [2.75, 3.05) is 38.2 Å². The molecule has 25 heavy (non-hydrogen) atoms. The average molecular weight is 348 g/mol. The predicted octanol–water partition coefficient (Wildman–Crippen LogP) is 1.44. The van der Waals surface area contributed by atoms with Gasteiger partial charge in [0.05, 0.1) is 13.2 Å². The van der Waals surface area contributed by atoms with Gasteiger partial charge in [-0.2, -0.15) is 0 Å². The van der Waals surface area contributed by atoms with Crippen molar-refractivity contribution in [2.45, 2.75) is 32.9 Å². The minimum absolute atomic E-state index is 0.00357. The molecule has 1 atom stereocenters. The Morgan fingerprint density at radius 1 is 1.04 bits per heavy atom. The largest absolute Gasteiger partial charge is 0.497 e. The van der Waals surface area contributed by atoms with Crippen LogP contribution in [0.3, 0.4) is 0 Å². The molecule has 0 aromatic heterocycles. The number of anilines is 1. The van der Waals surface area contributed by atoms with Gasteiger partial charge in [-0.1, -0.05) is 0 Å². The fourth-order valence-electron chi connectivity index (χ4n) is 2.84. The Bertz CT molecular complexity index is 580. The molecule has 1 aromatic carbocycles. The normalized spacial score (nSPS) is 16.4. The molecule has 2 rings (SSSR count). The Balaban J connectivity index is 1.83. The number of amides is 3. The molecular formula is C18H28N4O3. The third-order valence-corrected chi connectivity index (χ3v) is 4.34. The lowest BCUT2D eigenvalue weighted by molar-refractivity contribution is -0.124. The highest BCUT2D eigenvalue weighted by Crippen LogP contribution is 2.21. The summed E-state index contributed by atoms with van der Waals surface area (Å²) < 4.78 is 5.18. The number of nitrogens with zero attached hydrogens (tertiary/aromatic N) is 2. The summed E-state index contributed by atoms with van der Waals surface area (Å²) >= 11 is 0. The highest BCUT2D eigenvalue weighted by Gasteiger charge is 2.26. The van der Waals surface area contributed by atoms with Crippen LogP contribution in [0.15, 0.2) is 24.3 Å². The van der Waals surface area contributed by atoms with E-state index in [1.807, 2.05) is 45.0 Å². The van der Waals surface area contributed by atoms with E-state index in [2.05, 4.69) is 20.4 Å². The molecule has 1 heterocycles. The number of methoxy groups -OCH3 is 1.